The number of carbonyl (C=O) groups excluding carboxylic acids is 4. The number of imide groups is 1. The van der Waals surface area contributed by atoms with Crippen LogP contribution in [0.1, 0.15) is 24.0 Å². The van der Waals surface area contributed by atoms with Crippen molar-refractivity contribution in [3.63, 3.8) is 0 Å². The summed E-state index contributed by atoms with van der Waals surface area (Å²) < 4.78 is 5.62. The predicted molar refractivity (Wildman–Crippen MR) is 129 cm³/mol. The van der Waals surface area contributed by atoms with Crippen molar-refractivity contribution >= 4 is 35.1 Å². The van der Waals surface area contributed by atoms with Crippen LogP contribution in [0.25, 0.3) is 0 Å². The van der Waals surface area contributed by atoms with Gasteiger partial charge in [0, 0.05) is 24.7 Å². The van der Waals surface area contributed by atoms with Gasteiger partial charge in [-0.15, -0.1) is 0 Å². The van der Waals surface area contributed by atoms with Crippen LogP contribution in [0.3, 0.4) is 0 Å². The molecule has 2 aromatic carbocycles. The van der Waals surface area contributed by atoms with Gasteiger partial charge in [-0.3, -0.25) is 19.2 Å². The van der Waals surface area contributed by atoms with Crippen molar-refractivity contribution in [2.24, 2.45) is 29.6 Å². The van der Waals surface area contributed by atoms with Gasteiger partial charge in [-0.05, 0) is 67.5 Å². The van der Waals surface area contributed by atoms with E-state index < -0.39 is 11.9 Å². The van der Waals surface area contributed by atoms with E-state index >= 15 is 0 Å². The van der Waals surface area contributed by atoms with Gasteiger partial charge in [0.15, 0.2) is 0 Å². The molecule has 3 amide bonds. The van der Waals surface area contributed by atoms with Crippen LogP contribution < -0.4 is 14.5 Å². The number of aryl methyl sites for hydroxylation is 2. The molecule has 0 N–H and O–H groups in total. The largest absolute Gasteiger partial charge is 0.426 e. The summed E-state index contributed by atoms with van der Waals surface area (Å²) in [5.41, 5.74) is 3.30. The number of hydrogen-bond acceptors (Lipinski definition) is 5. The molecule has 0 spiro atoms. The quantitative estimate of drug-likeness (QED) is 0.295. The van der Waals surface area contributed by atoms with Crippen LogP contribution in [0.2, 0.25) is 0 Å². The zero-order valence-electron chi connectivity index (χ0n) is 19.6. The Labute approximate surface area is 203 Å². The van der Waals surface area contributed by atoms with E-state index in [4.69, 9.17) is 4.74 Å². The summed E-state index contributed by atoms with van der Waals surface area (Å²) in [4.78, 5) is 54.7. The average Bonchev–Trinajstić information content (AvgIpc) is 3.57. The first-order valence-corrected chi connectivity index (χ1v) is 12.1. The van der Waals surface area contributed by atoms with Gasteiger partial charge in [0.25, 0.3) is 0 Å². The van der Waals surface area contributed by atoms with Crippen molar-refractivity contribution in [1.82, 2.24) is 0 Å². The number of benzene rings is 2. The smallest absolute Gasteiger partial charge is 0.316 e. The van der Waals surface area contributed by atoms with Crippen molar-refractivity contribution in [2.45, 2.75) is 26.7 Å². The molecule has 7 heteroatoms. The third-order valence-corrected chi connectivity index (χ3v) is 7.74. The highest BCUT2D eigenvalue weighted by molar-refractivity contribution is 6.22. The van der Waals surface area contributed by atoms with Crippen LogP contribution in [0.15, 0.2) is 54.6 Å². The van der Waals surface area contributed by atoms with E-state index in [1.807, 2.05) is 32.0 Å². The highest BCUT2D eigenvalue weighted by Gasteiger charge is 2.59. The van der Waals surface area contributed by atoms with Crippen LogP contribution in [0.4, 0.5) is 11.4 Å². The van der Waals surface area contributed by atoms with E-state index in [1.165, 1.54) is 4.90 Å². The van der Waals surface area contributed by atoms with Gasteiger partial charge in [0.05, 0.1) is 23.4 Å². The third-order valence-electron chi connectivity index (χ3n) is 7.74. The zero-order chi connectivity index (χ0) is 24.4. The van der Waals surface area contributed by atoms with E-state index in [-0.39, 0.29) is 60.1 Å². The summed E-state index contributed by atoms with van der Waals surface area (Å²) in [6.45, 7) is 4.20. The van der Waals surface area contributed by atoms with Gasteiger partial charge in [0.1, 0.15) is 5.75 Å². The Morgan fingerprint density at radius 2 is 1.54 bits per heavy atom. The number of rotatable bonds is 4. The summed E-state index contributed by atoms with van der Waals surface area (Å²) >= 11 is 0. The van der Waals surface area contributed by atoms with E-state index in [0.29, 0.717) is 5.69 Å². The first kappa shape index (κ1) is 21.8. The monoisotopic (exact) mass is 470 g/mol. The van der Waals surface area contributed by atoms with E-state index in [2.05, 4.69) is 12.2 Å². The maximum Gasteiger partial charge on any atom is 0.316 e. The fourth-order valence-corrected chi connectivity index (χ4v) is 6.26. The highest BCUT2D eigenvalue weighted by atomic mass is 16.5. The van der Waals surface area contributed by atoms with Crippen LogP contribution in [0, 0.1) is 43.4 Å². The summed E-state index contributed by atoms with van der Waals surface area (Å²) in [6.07, 6.45) is 5.07. The van der Waals surface area contributed by atoms with Crippen molar-refractivity contribution in [2.75, 3.05) is 16.3 Å². The van der Waals surface area contributed by atoms with Crippen LogP contribution >= 0.6 is 0 Å². The normalized spacial score (nSPS) is 28.9. The third kappa shape index (κ3) is 3.49. The van der Waals surface area contributed by atoms with Gasteiger partial charge < -0.3 is 9.64 Å². The van der Waals surface area contributed by atoms with Crippen LogP contribution in [-0.2, 0) is 19.2 Å². The second-order valence-electron chi connectivity index (χ2n) is 10.2. The fourth-order valence-electron chi connectivity index (χ4n) is 6.26. The first-order valence-electron chi connectivity index (χ1n) is 12.1. The number of nitrogens with zero attached hydrogens (tertiary/aromatic N) is 2. The van der Waals surface area contributed by atoms with Gasteiger partial charge in [-0.2, -0.15) is 0 Å². The molecule has 4 aliphatic rings. The molecule has 2 aromatic rings. The Morgan fingerprint density at radius 3 is 2.20 bits per heavy atom. The number of hydrogen-bond donors (Lipinski definition) is 0. The summed E-state index contributed by atoms with van der Waals surface area (Å²) in [5, 5.41) is 0. The minimum absolute atomic E-state index is 0.0771. The average molecular weight is 471 g/mol. The molecule has 2 aliphatic heterocycles. The molecule has 6 rings (SSSR count). The van der Waals surface area contributed by atoms with Crippen molar-refractivity contribution < 1.29 is 23.9 Å². The molecular weight excluding hydrogens is 444 g/mol. The number of esters is 1. The lowest BCUT2D eigenvalue weighted by atomic mass is 9.85. The van der Waals surface area contributed by atoms with Crippen molar-refractivity contribution in [3.8, 4) is 5.75 Å². The molecule has 5 atom stereocenters. The fraction of sp³-hybridized carbons (Fsp3) is 0.357. The molecular formula is C28H26N2O5. The van der Waals surface area contributed by atoms with Gasteiger partial charge in [-0.1, -0.05) is 24.3 Å². The van der Waals surface area contributed by atoms with Crippen LogP contribution in [-0.4, -0.2) is 30.2 Å². The molecule has 2 aliphatic carbocycles. The molecule has 2 saturated heterocycles. The standard InChI is InChI=1S/C28H26N2O5/c1-15-8-16(2)10-21(9-15)29-14-19(12-23(29)31)28(34)35-22-5-3-4-20(13-22)30-26(32)24-17-6-7-18(11-17)25(24)27(30)33/h3-10,13,17-19,24-25H,11-12,14H2,1-2H3/t17-,18+,19-,24-,25+/m0/s1. The van der Waals surface area contributed by atoms with E-state index in [1.54, 1.807) is 29.2 Å². The maximum absolute atomic E-state index is 13.1. The molecule has 35 heavy (non-hydrogen) atoms. The minimum atomic E-state index is -0.594. The summed E-state index contributed by atoms with van der Waals surface area (Å²) in [7, 11) is 0. The maximum atomic E-state index is 13.1. The lowest BCUT2D eigenvalue weighted by molar-refractivity contribution is -0.139. The second kappa shape index (κ2) is 7.90. The second-order valence-corrected chi connectivity index (χ2v) is 10.2. The van der Waals surface area contributed by atoms with Gasteiger partial charge in [0.2, 0.25) is 17.7 Å². The Kier molecular flexibility index (Phi) is 4.91. The lowest BCUT2D eigenvalue weighted by Gasteiger charge is -2.19. The Balaban J connectivity index is 1.17. The molecule has 178 valence electrons. The van der Waals surface area contributed by atoms with Crippen molar-refractivity contribution in [3.05, 3.63) is 65.7 Å². The molecule has 7 nitrogen and oxygen atoms in total. The lowest BCUT2D eigenvalue weighted by Crippen LogP contribution is -2.32. The topological polar surface area (TPSA) is 84.0 Å². The number of anilines is 2. The zero-order valence-corrected chi connectivity index (χ0v) is 19.6. The van der Waals surface area contributed by atoms with Gasteiger partial charge in [-0.25, -0.2) is 4.90 Å². The molecule has 0 radical (unpaired) electrons. The molecule has 3 fully saturated rings. The molecule has 2 heterocycles. The molecule has 0 aromatic heterocycles. The SMILES string of the molecule is Cc1cc(C)cc(N2C[C@@H](C(=O)Oc3cccc(N4C(=O)[C@@H]5[C@H](C4=O)[C@@H]4C=C[C@H]5C4)c3)CC2=O)c1. The molecule has 2 bridgehead atoms. The van der Waals surface area contributed by atoms with Crippen molar-refractivity contribution in [1.29, 1.82) is 0 Å². The number of allylic oxidation sites excluding steroid dienone is 2. The Morgan fingerprint density at radius 1 is 0.886 bits per heavy atom. The predicted octanol–water partition coefficient (Wildman–Crippen LogP) is 3.57. The van der Waals surface area contributed by atoms with E-state index in [0.717, 1.165) is 23.2 Å². The Bertz CT molecular complexity index is 1260. The Hall–Kier alpha value is -3.74. The first-order chi connectivity index (χ1) is 16.8. The number of carbonyl (C=O) groups is 4. The molecule has 1 saturated carbocycles. The minimum Gasteiger partial charge on any atom is -0.426 e. The highest BCUT2D eigenvalue weighted by Crippen LogP contribution is 2.53. The summed E-state index contributed by atoms with van der Waals surface area (Å²) in [5.74, 6) is -1.62. The van der Waals surface area contributed by atoms with Crippen LogP contribution in [0.5, 0.6) is 5.75 Å². The van der Waals surface area contributed by atoms with Gasteiger partial charge >= 0.3 is 5.97 Å². The molecule has 0 unspecified atom stereocenters. The van der Waals surface area contributed by atoms with E-state index in [9.17, 15) is 19.2 Å². The number of amides is 3. The number of fused-ring (bicyclic) bond motifs is 5. The number of ether oxygens (including phenoxy) is 1. The summed E-state index contributed by atoms with van der Waals surface area (Å²) in [6, 6.07) is 12.4.